The molecule has 1 aliphatic rings. The molecule has 0 aliphatic heterocycles. The summed E-state index contributed by atoms with van der Waals surface area (Å²) in [4.78, 5) is 0. The first-order chi connectivity index (χ1) is 4.29. The van der Waals surface area contributed by atoms with Crippen LogP contribution in [0, 0.1) is 0 Å². The van der Waals surface area contributed by atoms with E-state index in [0.717, 1.165) is 12.8 Å². The van der Waals surface area contributed by atoms with Gasteiger partial charge >= 0.3 is 0 Å². The summed E-state index contributed by atoms with van der Waals surface area (Å²) >= 11 is 0. The van der Waals surface area contributed by atoms with Gasteiger partial charge in [-0.2, -0.15) is 0 Å². The van der Waals surface area contributed by atoms with E-state index in [2.05, 4.69) is 31.7 Å². The average molecular weight is 120 g/mol. The van der Waals surface area contributed by atoms with E-state index < -0.39 is 0 Å². The molecule has 0 heteroatoms. The Morgan fingerprint density at radius 1 is 1.78 bits per heavy atom. The molecule has 0 nitrogen and oxygen atoms in total. The molecule has 0 radical (unpaired) electrons. The van der Waals surface area contributed by atoms with Gasteiger partial charge in [0, 0.05) is 0 Å². The minimum Gasteiger partial charge on any atom is -0.0998 e. The molecule has 0 amide bonds. The number of rotatable bonds is 2. The van der Waals surface area contributed by atoms with Crippen molar-refractivity contribution in [2.75, 3.05) is 0 Å². The fourth-order valence-electron chi connectivity index (χ4n) is 1.01. The lowest BCUT2D eigenvalue weighted by atomic mass is 10.1. The number of hydrogen-bond acceptors (Lipinski definition) is 0. The van der Waals surface area contributed by atoms with Crippen LogP contribution >= 0.6 is 0 Å². The van der Waals surface area contributed by atoms with Gasteiger partial charge in [0.25, 0.3) is 0 Å². The maximum atomic E-state index is 3.85. The smallest absolute Gasteiger partial charge is 0.0108 e. The predicted octanol–water partition coefficient (Wildman–Crippen LogP) is 2.84. The lowest BCUT2D eigenvalue weighted by Gasteiger charge is -1.97. The van der Waals surface area contributed by atoms with E-state index in [1.54, 1.807) is 0 Å². The van der Waals surface area contributed by atoms with Crippen LogP contribution in [0.3, 0.4) is 0 Å². The van der Waals surface area contributed by atoms with Crippen molar-refractivity contribution >= 4 is 0 Å². The molecule has 0 saturated carbocycles. The van der Waals surface area contributed by atoms with Crippen molar-refractivity contribution in [1.29, 1.82) is 0 Å². The van der Waals surface area contributed by atoms with Gasteiger partial charge in [-0.3, -0.25) is 0 Å². The zero-order chi connectivity index (χ0) is 6.69. The highest BCUT2D eigenvalue weighted by molar-refractivity contribution is 5.26. The van der Waals surface area contributed by atoms with Crippen LogP contribution in [0.1, 0.15) is 19.8 Å². The van der Waals surface area contributed by atoms with E-state index in [-0.39, 0.29) is 0 Å². The Labute approximate surface area is 56.6 Å². The van der Waals surface area contributed by atoms with Gasteiger partial charge in [-0.25, -0.2) is 0 Å². The highest BCUT2D eigenvalue weighted by Gasteiger charge is 1.97. The van der Waals surface area contributed by atoms with E-state index in [0.29, 0.717) is 0 Å². The van der Waals surface area contributed by atoms with Crippen LogP contribution in [0.2, 0.25) is 0 Å². The normalized spacial score (nSPS) is 15.9. The van der Waals surface area contributed by atoms with Crippen LogP contribution < -0.4 is 0 Å². The molecule has 0 N–H and O–H groups in total. The summed E-state index contributed by atoms with van der Waals surface area (Å²) in [7, 11) is 0. The SMILES string of the molecule is C=C(C)CC1=CC=CC1. The molecule has 0 aromatic carbocycles. The van der Waals surface area contributed by atoms with Gasteiger partial charge in [0.05, 0.1) is 0 Å². The average Bonchev–Trinajstić information content (AvgIpc) is 2.15. The van der Waals surface area contributed by atoms with Crippen LogP contribution in [0.15, 0.2) is 36.0 Å². The molecule has 1 aliphatic carbocycles. The van der Waals surface area contributed by atoms with E-state index in [4.69, 9.17) is 0 Å². The van der Waals surface area contributed by atoms with Gasteiger partial charge in [-0.15, -0.1) is 0 Å². The van der Waals surface area contributed by atoms with Crippen molar-refractivity contribution < 1.29 is 0 Å². The second-order valence-corrected chi connectivity index (χ2v) is 2.59. The van der Waals surface area contributed by atoms with Crippen molar-refractivity contribution in [1.82, 2.24) is 0 Å². The fraction of sp³-hybridized carbons (Fsp3) is 0.333. The summed E-state index contributed by atoms with van der Waals surface area (Å²) in [5, 5.41) is 0. The standard InChI is InChI=1S/C9H12/c1-8(2)7-9-5-3-4-6-9/h3-5H,1,6-7H2,2H3. The van der Waals surface area contributed by atoms with Crippen LogP contribution in [0.5, 0.6) is 0 Å². The monoisotopic (exact) mass is 120 g/mol. The molecule has 0 atom stereocenters. The summed E-state index contributed by atoms with van der Waals surface area (Å²) < 4.78 is 0. The Hall–Kier alpha value is -0.780. The second-order valence-electron chi connectivity index (χ2n) is 2.59. The zero-order valence-electron chi connectivity index (χ0n) is 5.85. The molecule has 0 bridgehead atoms. The minimum atomic E-state index is 1.08. The van der Waals surface area contributed by atoms with Crippen LogP contribution in [0.4, 0.5) is 0 Å². The number of hydrogen-bond donors (Lipinski definition) is 0. The third kappa shape index (κ3) is 1.88. The first-order valence-electron chi connectivity index (χ1n) is 3.28. The Bertz CT molecular complexity index is 170. The van der Waals surface area contributed by atoms with E-state index in [1.165, 1.54) is 11.1 Å². The molecular weight excluding hydrogens is 108 g/mol. The summed E-state index contributed by atoms with van der Waals surface area (Å²) in [5.41, 5.74) is 2.74. The van der Waals surface area contributed by atoms with Gasteiger partial charge in [0.2, 0.25) is 0 Å². The molecule has 1 rings (SSSR count). The third-order valence-corrected chi connectivity index (χ3v) is 1.38. The van der Waals surface area contributed by atoms with Gasteiger partial charge in [-0.1, -0.05) is 36.0 Å². The quantitative estimate of drug-likeness (QED) is 0.491. The number of allylic oxidation sites excluding steroid dienone is 5. The van der Waals surface area contributed by atoms with Gasteiger partial charge < -0.3 is 0 Å². The lowest BCUT2D eigenvalue weighted by molar-refractivity contribution is 1.07. The maximum Gasteiger partial charge on any atom is -0.0108 e. The molecule has 0 fully saturated rings. The molecule has 0 spiro atoms. The largest absolute Gasteiger partial charge is 0.0998 e. The summed E-state index contributed by atoms with van der Waals surface area (Å²) in [6, 6.07) is 0. The zero-order valence-corrected chi connectivity index (χ0v) is 5.85. The molecule has 48 valence electrons. The van der Waals surface area contributed by atoms with Gasteiger partial charge in [-0.05, 0) is 19.8 Å². The highest BCUT2D eigenvalue weighted by atomic mass is 14.0. The lowest BCUT2D eigenvalue weighted by Crippen LogP contribution is -1.78. The molecule has 9 heavy (non-hydrogen) atoms. The van der Waals surface area contributed by atoms with Crippen molar-refractivity contribution in [3.05, 3.63) is 36.0 Å². The van der Waals surface area contributed by atoms with Crippen molar-refractivity contribution in [3.8, 4) is 0 Å². The fourth-order valence-corrected chi connectivity index (χ4v) is 1.01. The first kappa shape index (κ1) is 6.34. The minimum absolute atomic E-state index is 1.08. The van der Waals surface area contributed by atoms with Gasteiger partial charge in [0.15, 0.2) is 0 Å². The molecule has 0 aromatic rings. The maximum absolute atomic E-state index is 3.85. The first-order valence-corrected chi connectivity index (χ1v) is 3.28. The summed E-state index contributed by atoms with van der Waals surface area (Å²) in [5.74, 6) is 0. The Balaban J connectivity index is 2.39. The topological polar surface area (TPSA) is 0 Å². The second kappa shape index (κ2) is 2.67. The third-order valence-electron chi connectivity index (χ3n) is 1.38. The van der Waals surface area contributed by atoms with Gasteiger partial charge in [0.1, 0.15) is 0 Å². The van der Waals surface area contributed by atoms with E-state index in [1.807, 2.05) is 0 Å². The van der Waals surface area contributed by atoms with Crippen molar-refractivity contribution in [3.63, 3.8) is 0 Å². The van der Waals surface area contributed by atoms with Crippen LogP contribution in [0.25, 0.3) is 0 Å². The van der Waals surface area contributed by atoms with E-state index >= 15 is 0 Å². The molecule has 0 aromatic heterocycles. The molecule has 0 unspecified atom stereocenters. The van der Waals surface area contributed by atoms with Crippen LogP contribution in [-0.4, -0.2) is 0 Å². The molecule has 0 heterocycles. The Morgan fingerprint density at radius 2 is 2.56 bits per heavy atom. The molecule has 0 saturated heterocycles. The van der Waals surface area contributed by atoms with E-state index in [9.17, 15) is 0 Å². The Kier molecular flexibility index (Phi) is 1.88. The Morgan fingerprint density at radius 3 is 3.00 bits per heavy atom. The summed E-state index contributed by atoms with van der Waals surface area (Å²) in [6.45, 7) is 5.92. The van der Waals surface area contributed by atoms with Crippen molar-refractivity contribution in [2.45, 2.75) is 19.8 Å². The van der Waals surface area contributed by atoms with Crippen LogP contribution in [-0.2, 0) is 0 Å². The molecular formula is C9H12. The predicted molar refractivity (Wildman–Crippen MR) is 41.3 cm³/mol. The van der Waals surface area contributed by atoms with Crippen molar-refractivity contribution in [2.24, 2.45) is 0 Å². The summed E-state index contributed by atoms with van der Waals surface area (Å²) in [6.07, 6.45) is 8.67. The highest BCUT2D eigenvalue weighted by Crippen LogP contribution is 2.17.